The molecule has 0 amide bonds. The van der Waals surface area contributed by atoms with Crippen molar-refractivity contribution in [2.45, 2.75) is 24.8 Å². The second-order valence-corrected chi connectivity index (χ2v) is 6.23. The topological polar surface area (TPSA) is 69.8 Å². The zero-order valence-electron chi connectivity index (χ0n) is 11.4. The van der Waals surface area contributed by atoms with Crippen molar-refractivity contribution in [1.82, 2.24) is 9.80 Å². The number of likely N-dealkylation sites (tertiary alicyclic amines) is 1. The Morgan fingerprint density at radius 2 is 2.17 bits per heavy atom. The molecule has 2 aliphatic rings. The molecule has 1 saturated heterocycles. The fourth-order valence-corrected chi connectivity index (χ4v) is 3.10. The van der Waals surface area contributed by atoms with Crippen molar-refractivity contribution in [3.05, 3.63) is 0 Å². The van der Waals surface area contributed by atoms with Crippen molar-refractivity contribution in [2.75, 3.05) is 40.3 Å². The minimum atomic E-state index is -1.04. The molecule has 0 aromatic heterocycles. The smallest absolute Gasteiger partial charge is 0.325 e. The number of rotatable bonds is 6. The number of likely N-dealkylation sites (N-methyl/N-ethyl adjacent to an activating group) is 1. The van der Waals surface area contributed by atoms with E-state index in [9.17, 15) is 9.90 Å². The minimum Gasteiger partial charge on any atom is -0.480 e. The van der Waals surface area contributed by atoms with Crippen molar-refractivity contribution >= 4 is 5.97 Å². The van der Waals surface area contributed by atoms with E-state index in [0.29, 0.717) is 12.5 Å². The van der Waals surface area contributed by atoms with Gasteiger partial charge in [0.15, 0.2) is 0 Å². The Bertz CT molecular complexity index is 319. The lowest BCUT2D eigenvalue weighted by Crippen LogP contribution is -2.57. The largest absolute Gasteiger partial charge is 0.480 e. The SMILES string of the molecule is CN1CCC(CN(C)CC(N)(C(=O)O)C2CC2)C1. The van der Waals surface area contributed by atoms with Gasteiger partial charge >= 0.3 is 5.97 Å². The first-order valence-corrected chi connectivity index (χ1v) is 6.81. The molecule has 2 rings (SSSR count). The molecule has 5 heteroatoms. The highest BCUT2D eigenvalue weighted by Gasteiger charge is 2.48. The van der Waals surface area contributed by atoms with Crippen LogP contribution in [-0.2, 0) is 4.79 Å². The van der Waals surface area contributed by atoms with Crippen LogP contribution in [0.1, 0.15) is 19.3 Å². The zero-order valence-corrected chi connectivity index (χ0v) is 11.4. The molecule has 0 aromatic rings. The number of carbonyl (C=O) groups is 1. The first-order valence-electron chi connectivity index (χ1n) is 6.81. The molecule has 2 unspecified atom stereocenters. The Morgan fingerprint density at radius 1 is 1.50 bits per heavy atom. The van der Waals surface area contributed by atoms with E-state index < -0.39 is 11.5 Å². The Hall–Kier alpha value is -0.650. The lowest BCUT2D eigenvalue weighted by molar-refractivity contribution is -0.145. The maximum atomic E-state index is 11.4. The second-order valence-electron chi connectivity index (χ2n) is 6.23. The van der Waals surface area contributed by atoms with Crippen LogP contribution in [0.5, 0.6) is 0 Å². The highest BCUT2D eigenvalue weighted by atomic mass is 16.4. The maximum Gasteiger partial charge on any atom is 0.325 e. The van der Waals surface area contributed by atoms with Crippen LogP contribution in [0.4, 0.5) is 0 Å². The summed E-state index contributed by atoms with van der Waals surface area (Å²) in [4.78, 5) is 15.8. The first kappa shape index (κ1) is 13.8. The quantitative estimate of drug-likeness (QED) is 0.702. The molecule has 1 heterocycles. The zero-order chi connectivity index (χ0) is 13.3. The van der Waals surface area contributed by atoms with E-state index >= 15 is 0 Å². The van der Waals surface area contributed by atoms with Gasteiger partial charge in [0.05, 0.1) is 0 Å². The lowest BCUT2D eigenvalue weighted by Gasteiger charge is -2.31. The van der Waals surface area contributed by atoms with Gasteiger partial charge < -0.3 is 20.6 Å². The van der Waals surface area contributed by atoms with Crippen LogP contribution in [-0.4, -0.2) is 66.7 Å². The molecule has 18 heavy (non-hydrogen) atoms. The standard InChI is InChI=1S/C13H25N3O2/c1-15-6-5-10(7-15)8-16(2)9-13(14,12(17)18)11-3-4-11/h10-11H,3-9,14H2,1-2H3,(H,17,18). The van der Waals surface area contributed by atoms with Gasteiger partial charge in [0.1, 0.15) is 5.54 Å². The molecule has 0 aromatic carbocycles. The van der Waals surface area contributed by atoms with Crippen molar-refractivity contribution < 1.29 is 9.90 Å². The molecule has 5 nitrogen and oxygen atoms in total. The van der Waals surface area contributed by atoms with Gasteiger partial charge in [-0.2, -0.15) is 0 Å². The third-order valence-corrected chi connectivity index (χ3v) is 4.29. The Balaban J connectivity index is 1.85. The van der Waals surface area contributed by atoms with Crippen LogP contribution < -0.4 is 5.73 Å². The number of nitrogens with two attached hydrogens (primary N) is 1. The molecule has 3 N–H and O–H groups in total. The summed E-state index contributed by atoms with van der Waals surface area (Å²) in [6.07, 6.45) is 3.13. The highest BCUT2D eigenvalue weighted by molar-refractivity contribution is 5.79. The maximum absolute atomic E-state index is 11.4. The fraction of sp³-hybridized carbons (Fsp3) is 0.923. The predicted octanol–water partition coefficient (Wildman–Crippen LogP) is 0.0620. The van der Waals surface area contributed by atoms with Crippen LogP contribution in [0.2, 0.25) is 0 Å². The van der Waals surface area contributed by atoms with E-state index in [1.54, 1.807) is 0 Å². The summed E-state index contributed by atoms with van der Waals surface area (Å²) >= 11 is 0. The van der Waals surface area contributed by atoms with E-state index in [1.165, 1.54) is 6.42 Å². The van der Waals surface area contributed by atoms with E-state index in [-0.39, 0.29) is 5.92 Å². The van der Waals surface area contributed by atoms with Crippen molar-refractivity contribution in [2.24, 2.45) is 17.6 Å². The molecule has 104 valence electrons. The van der Waals surface area contributed by atoms with Crippen molar-refractivity contribution in [3.63, 3.8) is 0 Å². The molecular formula is C13H25N3O2. The Morgan fingerprint density at radius 3 is 2.61 bits per heavy atom. The second kappa shape index (κ2) is 5.15. The molecular weight excluding hydrogens is 230 g/mol. The summed E-state index contributed by atoms with van der Waals surface area (Å²) in [5, 5.41) is 9.33. The average Bonchev–Trinajstić information content (AvgIpc) is 3.04. The fourth-order valence-electron chi connectivity index (χ4n) is 3.10. The van der Waals surface area contributed by atoms with Crippen LogP contribution in [0.3, 0.4) is 0 Å². The number of nitrogens with zero attached hydrogens (tertiary/aromatic N) is 2. The number of carboxylic acid groups (broad SMARTS) is 1. The molecule has 2 atom stereocenters. The Kier molecular flexibility index (Phi) is 3.94. The molecule has 0 spiro atoms. The number of hydrogen-bond acceptors (Lipinski definition) is 4. The van der Waals surface area contributed by atoms with Gasteiger partial charge in [0.2, 0.25) is 0 Å². The van der Waals surface area contributed by atoms with Crippen LogP contribution in [0.15, 0.2) is 0 Å². The molecule has 0 radical (unpaired) electrons. The van der Waals surface area contributed by atoms with Gasteiger partial charge in [-0.1, -0.05) is 0 Å². The summed E-state index contributed by atoms with van der Waals surface area (Å²) in [5.41, 5.74) is 5.05. The van der Waals surface area contributed by atoms with E-state index in [4.69, 9.17) is 5.73 Å². The van der Waals surface area contributed by atoms with Crippen LogP contribution in [0.25, 0.3) is 0 Å². The molecule has 2 fully saturated rings. The third-order valence-electron chi connectivity index (χ3n) is 4.29. The van der Waals surface area contributed by atoms with Gasteiger partial charge in [0, 0.05) is 19.6 Å². The number of carboxylic acids is 1. The first-order chi connectivity index (χ1) is 8.41. The monoisotopic (exact) mass is 255 g/mol. The van der Waals surface area contributed by atoms with Gasteiger partial charge in [-0.15, -0.1) is 0 Å². The van der Waals surface area contributed by atoms with E-state index in [0.717, 1.165) is 32.5 Å². The molecule has 1 aliphatic carbocycles. The minimum absolute atomic E-state index is 0.170. The normalized spacial score (nSPS) is 28.6. The highest BCUT2D eigenvalue weighted by Crippen LogP contribution is 2.39. The molecule has 1 aliphatic heterocycles. The molecule has 1 saturated carbocycles. The lowest BCUT2D eigenvalue weighted by atomic mass is 9.93. The van der Waals surface area contributed by atoms with Gasteiger partial charge in [-0.25, -0.2) is 0 Å². The molecule has 0 bridgehead atoms. The van der Waals surface area contributed by atoms with Gasteiger partial charge in [-0.3, -0.25) is 4.79 Å². The average molecular weight is 255 g/mol. The summed E-state index contributed by atoms with van der Waals surface area (Å²) in [6, 6.07) is 0. The van der Waals surface area contributed by atoms with E-state index in [2.05, 4.69) is 16.8 Å². The Labute approximate surface area is 109 Å². The van der Waals surface area contributed by atoms with Crippen molar-refractivity contribution in [3.8, 4) is 0 Å². The summed E-state index contributed by atoms with van der Waals surface area (Å²) in [5.74, 6) is -0.0265. The van der Waals surface area contributed by atoms with Crippen LogP contribution in [0, 0.1) is 11.8 Å². The van der Waals surface area contributed by atoms with Gasteiger partial charge in [-0.05, 0) is 51.7 Å². The predicted molar refractivity (Wildman–Crippen MR) is 70.4 cm³/mol. The van der Waals surface area contributed by atoms with Crippen LogP contribution >= 0.6 is 0 Å². The van der Waals surface area contributed by atoms with Crippen molar-refractivity contribution in [1.29, 1.82) is 0 Å². The summed E-state index contributed by atoms with van der Waals surface area (Å²) in [7, 11) is 4.12. The number of hydrogen-bond donors (Lipinski definition) is 2. The van der Waals surface area contributed by atoms with Gasteiger partial charge in [0.25, 0.3) is 0 Å². The summed E-state index contributed by atoms with van der Waals surface area (Å²) in [6.45, 7) is 3.67. The number of aliphatic carboxylic acids is 1. The third kappa shape index (κ3) is 3.02. The van der Waals surface area contributed by atoms with E-state index in [1.807, 2.05) is 7.05 Å². The summed E-state index contributed by atoms with van der Waals surface area (Å²) < 4.78 is 0.